The average molecular weight is 619 g/mol. The molecule has 2 N–H and O–H groups in total. The first-order chi connectivity index (χ1) is 21.7. The van der Waals surface area contributed by atoms with E-state index in [1.165, 1.54) is 31.6 Å². The number of halogens is 2. The summed E-state index contributed by atoms with van der Waals surface area (Å²) in [5, 5.41) is 14.1. The van der Waals surface area contributed by atoms with Gasteiger partial charge in [-0.3, -0.25) is 14.0 Å². The predicted octanol–water partition coefficient (Wildman–Crippen LogP) is 3.27. The molecule has 2 aromatic carbocycles. The van der Waals surface area contributed by atoms with Crippen LogP contribution in [0.3, 0.4) is 0 Å². The van der Waals surface area contributed by atoms with E-state index in [0.29, 0.717) is 54.5 Å². The number of hydrogen-bond acceptors (Lipinski definition) is 9. The summed E-state index contributed by atoms with van der Waals surface area (Å²) < 4.78 is 40.8. The first kappa shape index (κ1) is 30.7. The van der Waals surface area contributed by atoms with Gasteiger partial charge in [0.2, 0.25) is 5.82 Å². The molecule has 0 spiro atoms. The van der Waals surface area contributed by atoms with Crippen LogP contribution in [0.15, 0.2) is 48.9 Å². The zero-order valence-corrected chi connectivity index (χ0v) is 24.3. The highest BCUT2D eigenvalue weighted by molar-refractivity contribution is 5.96. The number of alkyl carbamates (subject to hydrolysis) is 1. The molecule has 5 rings (SSSR count). The highest BCUT2D eigenvalue weighted by Gasteiger charge is 2.26. The number of imidazole rings is 1. The molecule has 4 aromatic rings. The lowest BCUT2D eigenvalue weighted by Gasteiger charge is -2.35. The van der Waals surface area contributed by atoms with Gasteiger partial charge in [-0.25, -0.2) is 19.2 Å². The molecular weight excluding hydrogens is 590 g/mol. The number of carbonyl (C=O) groups is 3. The Labute approximate surface area is 256 Å². The lowest BCUT2D eigenvalue weighted by atomic mass is 10.1. The number of hydrogen-bond donors (Lipinski definition) is 2. The van der Waals surface area contributed by atoms with E-state index >= 15 is 0 Å². The second kappa shape index (κ2) is 13.2. The molecule has 1 saturated heterocycles. The topological polar surface area (TPSA) is 154 Å². The highest BCUT2D eigenvalue weighted by atomic mass is 19.2. The van der Waals surface area contributed by atoms with Crippen LogP contribution in [0.25, 0.3) is 16.9 Å². The lowest BCUT2D eigenvalue weighted by molar-refractivity contribution is -0.135. The summed E-state index contributed by atoms with van der Waals surface area (Å²) in [7, 11) is 1.40. The summed E-state index contributed by atoms with van der Waals surface area (Å²) in [6, 6.07) is 9.51. The number of benzene rings is 2. The van der Waals surface area contributed by atoms with Crippen LogP contribution < -0.4 is 15.4 Å². The molecule has 15 heteroatoms. The number of anilines is 2. The minimum Gasteiger partial charge on any atom is -0.476 e. The number of ether oxygens (including phenoxy) is 2. The molecule has 0 bridgehead atoms. The van der Waals surface area contributed by atoms with E-state index in [1.807, 2.05) is 0 Å². The molecule has 1 fully saturated rings. The van der Waals surface area contributed by atoms with E-state index in [-0.39, 0.29) is 35.4 Å². The summed E-state index contributed by atoms with van der Waals surface area (Å²) in [4.78, 5) is 48.7. The van der Waals surface area contributed by atoms with Gasteiger partial charge in [0.25, 0.3) is 11.8 Å². The Morgan fingerprint density at radius 3 is 2.51 bits per heavy atom. The van der Waals surface area contributed by atoms with Crippen molar-refractivity contribution in [3.8, 4) is 23.1 Å². The van der Waals surface area contributed by atoms with Gasteiger partial charge in [0.05, 0.1) is 11.9 Å². The molecular formula is C30H28F2N8O5. The summed E-state index contributed by atoms with van der Waals surface area (Å²) in [5.41, 5.74) is 2.39. The standard InChI is InChI=1S/C30H28F2N8O5/c1-18-15-19(3-4-20(18)29(42)39-12-10-38(11-13-39)24(41)17-45-30(43)34-2)37-27-28-36-16-22(40(28)9-8-35-27)21-5-6-23(44-14-7-33)26(32)25(21)31/h3-6,8-9,15-16H,10-14,17H2,1-2H3,(H,34,43)(H,35,37). The van der Waals surface area contributed by atoms with Crippen LogP contribution >= 0.6 is 0 Å². The second-order valence-electron chi connectivity index (χ2n) is 9.95. The van der Waals surface area contributed by atoms with Crippen LogP contribution in [0.4, 0.5) is 25.1 Å². The van der Waals surface area contributed by atoms with Crippen LogP contribution in [0.1, 0.15) is 15.9 Å². The molecule has 1 aliphatic heterocycles. The number of nitriles is 1. The zero-order valence-electron chi connectivity index (χ0n) is 24.3. The van der Waals surface area contributed by atoms with E-state index in [4.69, 9.17) is 14.7 Å². The number of nitrogens with zero attached hydrogens (tertiary/aromatic N) is 6. The molecule has 0 unspecified atom stereocenters. The number of nitrogens with one attached hydrogen (secondary N) is 2. The van der Waals surface area contributed by atoms with Gasteiger partial charge in [0.1, 0.15) is 6.07 Å². The molecule has 1 aliphatic rings. The van der Waals surface area contributed by atoms with Gasteiger partial charge in [-0.15, -0.1) is 0 Å². The summed E-state index contributed by atoms with van der Waals surface area (Å²) in [5.74, 6) is -2.88. The maximum Gasteiger partial charge on any atom is 0.407 e. The van der Waals surface area contributed by atoms with Crippen molar-refractivity contribution < 1.29 is 32.6 Å². The SMILES string of the molecule is CNC(=O)OCC(=O)N1CCN(C(=O)c2ccc(Nc3nccn4c(-c5ccc(OCC#N)c(F)c5F)cnc34)cc2C)CC1. The molecule has 0 saturated carbocycles. The summed E-state index contributed by atoms with van der Waals surface area (Å²) in [6.07, 6.45) is 3.76. The van der Waals surface area contributed by atoms with E-state index < -0.39 is 24.3 Å². The van der Waals surface area contributed by atoms with Gasteiger partial charge in [-0.2, -0.15) is 9.65 Å². The average Bonchev–Trinajstić information content (AvgIpc) is 3.49. The lowest BCUT2D eigenvalue weighted by Crippen LogP contribution is -2.51. The Hall–Kier alpha value is -5.78. The van der Waals surface area contributed by atoms with Crippen molar-refractivity contribution in [1.29, 1.82) is 5.26 Å². The quantitative estimate of drug-likeness (QED) is 0.303. The van der Waals surface area contributed by atoms with E-state index in [9.17, 15) is 23.2 Å². The van der Waals surface area contributed by atoms with Gasteiger partial charge < -0.3 is 29.9 Å². The fourth-order valence-electron chi connectivity index (χ4n) is 4.90. The monoisotopic (exact) mass is 618 g/mol. The maximum absolute atomic E-state index is 15.0. The normalized spacial score (nSPS) is 12.9. The first-order valence-corrected chi connectivity index (χ1v) is 13.8. The molecule has 45 heavy (non-hydrogen) atoms. The predicted molar refractivity (Wildman–Crippen MR) is 157 cm³/mol. The Morgan fingerprint density at radius 1 is 1.04 bits per heavy atom. The van der Waals surface area contributed by atoms with Crippen LogP contribution in [0.2, 0.25) is 0 Å². The fourth-order valence-corrected chi connectivity index (χ4v) is 4.90. The summed E-state index contributed by atoms with van der Waals surface area (Å²) in [6.45, 7) is 2.31. The van der Waals surface area contributed by atoms with Crippen molar-refractivity contribution >= 4 is 35.1 Å². The van der Waals surface area contributed by atoms with Gasteiger partial charge in [0, 0.05) is 62.4 Å². The molecule has 0 aliphatic carbocycles. The maximum atomic E-state index is 15.0. The van der Waals surface area contributed by atoms with Crippen LogP contribution in [-0.2, 0) is 9.53 Å². The van der Waals surface area contributed by atoms with Crippen LogP contribution in [0, 0.1) is 29.9 Å². The molecule has 2 aromatic heterocycles. The molecule has 0 atom stereocenters. The molecule has 232 valence electrons. The van der Waals surface area contributed by atoms with Crippen LogP contribution in [0.5, 0.6) is 5.75 Å². The number of carbonyl (C=O) groups excluding carboxylic acids is 3. The Balaban J connectivity index is 1.27. The third-order valence-electron chi connectivity index (χ3n) is 7.21. The van der Waals surface area contributed by atoms with Gasteiger partial charge >= 0.3 is 6.09 Å². The van der Waals surface area contributed by atoms with Crippen molar-refractivity contribution in [2.24, 2.45) is 0 Å². The third kappa shape index (κ3) is 6.44. The molecule has 0 radical (unpaired) electrons. The second-order valence-corrected chi connectivity index (χ2v) is 9.95. The van der Waals surface area contributed by atoms with E-state index in [0.717, 1.165) is 0 Å². The Kier molecular flexibility index (Phi) is 9.03. The number of aromatic nitrogens is 3. The summed E-state index contributed by atoms with van der Waals surface area (Å²) >= 11 is 0. The number of aryl methyl sites for hydroxylation is 1. The number of fused-ring (bicyclic) bond motifs is 1. The minimum absolute atomic E-state index is 0.0532. The zero-order chi connectivity index (χ0) is 32.1. The number of piperazine rings is 1. The Morgan fingerprint density at radius 2 is 1.80 bits per heavy atom. The minimum atomic E-state index is -1.21. The molecule has 3 heterocycles. The first-order valence-electron chi connectivity index (χ1n) is 13.8. The van der Waals surface area contributed by atoms with Crippen molar-refractivity contribution in [2.45, 2.75) is 6.92 Å². The Bertz CT molecular complexity index is 1810. The molecule has 3 amide bonds. The number of rotatable bonds is 8. The van der Waals surface area contributed by atoms with Gasteiger partial charge in [-0.1, -0.05) is 0 Å². The van der Waals surface area contributed by atoms with Crippen molar-refractivity contribution in [3.05, 3.63) is 71.7 Å². The van der Waals surface area contributed by atoms with Crippen LogP contribution in [-0.4, -0.2) is 88.5 Å². The van der Waals surface area contributed by atoms with Crippen molar-refractivity contribution in [1.82, 2.24) is 29.5 Å². The third-order valence-corrected chi connectivity index (χ3v) is 7.21. The van der Waals surface area contributed by atoms with Gasteiger partial charge in [-0.05, 0) is 42.8 Å². The fraction of sp³-hybridized carbons (Fsp3) is 0.267. The van der Waals surface area contributed by atoms with E-state index in [2.05, 4.69) is 20.6 Å². The molecule has 13 nitrogen and oxygen atoms in total. The highest BCUT2D eigenvalue weighted by Crippen LogP contribution is 2.32. The van der Waals surface area contributed by atoms with Gasteiger partial charge in [0.15, 0.2) is 36.2 Å². The van der Waals surface area contributed by atoms with Crippen molar-refractivity contribution in [3.63, 3.8) is 0 Å². The largest absolute Gasteiger partial charge is 0.476 e. The van der Waals surface area contributed by atoms with E-state index in [1.54, 1.807) is 51.6 Å². The smallest absolute Gasteiger partial charge is 0.407 e. The van der Waals surface area contributed by atoms with Crippen molar-refractivity contribution in [2.75, 3.05) is 51.8 Å². The number of amides is 3.